The Balaban J connectivity index is 1.37. The van der Waals surface area contributed by atoms with Gasteiger partial charge in [0.15, 0.2) is 5.78 Å². The molecule has 0 bridgehead atoms. The van der Waals surface area contributed by atoms with Crippen LogP contribution in [-0.2, 0) is 6.54 Å². The van der Waals surface area contributed by atoms with E-state index in [1.807, 2.05) is 13.8 Å². The number of rotatable bonds is 5. The van der Waals surface area contributed by atoms with Gasteiger partial charge in [-0.1, -0.05) is 12.1 Å². The molecular formula is C26H37N5O3. The number of hydrogen-bond donors (Lipinski definition) is 1. The van der Waals surface area contributed by atoms with E-state index in [9.17, 15) is 14.7 Å². The highest BCUT2D eigenvalue weighted by atomic mass is 16.3. The van der Waals surface area contributed by atoms with E-state index in [0.717, 1.165) is 45.6 Å². The van der Waals surface area contributed by atoms with Crippen LogP contribution >= 0.6 is 0 Å². The highest BCUT2D eigenvalue weighted by molar-refractivity contribution is 5.92. The number of carbonyl (C=O) groups is 2. The molecule has 34 heavy (non-hydrogen) atoms. The zero-order valence-corrected chi connectivity index (χ0v) is 20.8. The van der Waals surface area contributed by atoms with Crippen LogP contribution in [0.15, 0.2) is 30.5 Å². The van der Waals surface area contributed by atoms with Gasteiger partial charge in [0.25, 0.3) is 0 Å². The number of Topliss-reactive ketones (excluding diaryl/α,β-unsaturated/α-hetero) is 1. The molecule has 1 amide bonds. The van der Waals surface area contributed by atoms with E-state index in [4.69, 9.17) is 0 Å². The Morgan fingerprint density at radius 1 is 1.06 bits per heavy atom. The number of piperazine rings is 1. The Labute approximate surface area is 202 Å². The maximum Gasteiger partial charge on any atom is 0.344 e. The second-order valence-corrected chi connectivity index (χ2v) is 10.3. The summed E-state index contributed by atoms with van der Waals surface area (Å²) in [7, 11) is 0. The first-order valence-electron chi connectivity index (χ1n) is 12.3. The van der Waals surface area contributed by atoms with Crippen molar-refractivity contribution >= 4 is 17.5 Å². The van der Waals surface area contributed by atoms with Gasteiger partial charge in [-0.3, -0.25) is 9.69 Å². The smallest absolute Gasteiger partial charge is 0.344 e. The largest absolute Gasteiger partial charge is 0.390 e. The van der Waals surface area contributed by atoms with Gasteiger partial charge in [-0.15, -0.1) is 0 Å². The van der Waals surface area contributed by atoms with Crippen molar-refractivity contribution in [3.8, 4) is 0 Å². The Kier molecular flexibility index (Phi) is 7.09. The Bertz CT molecular complexity index is 1030. The first-order valence-corrected chi connectivity index (χ1v) is 12.3. The van der Waals surface area contributed by atoms with Gasteiger partial charge < -0.3 is 14.9 Å². The Morgan fingerprint density at radius 2 is 1.74 bits per heavy atom. The minimum absolute atomic E-state index is 0.144. The van der Waals surface area contributed by atoms with Crippen molar-refractivity contribution in [1.82, 2.24) is 19.6 Å². The predicted octanol–water partition coefficient (Wildman–Crippen LogP) is 3.17. The van der Waals surface area contributed by atoms with Gasteiger partial charge in [0.1, 0.15) is 5.69 Å². The molecule has 1 N–H and O–H groups in total. The van der Waals surface area contributed by atoms with E-state index < -0.39 is 5.60 Å². The lowest BCUT2D eigenvalue weighted by Crippen LogP contribution is -2.49. The maximum atomic E-state index is 12.8. The third-order valence-electron chi connectivity index (χ3n) is 7.26. The molecule has 8 heteroatoms. The first kappa shape index (κ1) is 24.4. The van der Waals surface area contributed by atoms with Crippen LogP contribution in [0.5, 0.6) is 0 Å². The van der Waals surface area contributed by atoms with Crippen LogP contribution in [0.2, 0.25) is 0 Å². The molecule has 1 aromatic carbocycles. The molecule has 1 aromatic heterocycles. The van der Waals surface area contributed by atoms with E-state index in [1.165, 1.54) is 28.4 Å². The van der Waals surface area contributed by atoms with Crippen LogP contribution in [0.1, 0.15) is 55.2 Å². The van der Waals surface area contributed by atoms with Gasteiger partial charge in [0.2, 0.25) is 0 Å². The normalized spacial score (nSPS) is 18.4. The van der Waals surface area contributed by atoms with Gasteiger partial charge in [0, 0.05) is 64.6 Å². The summed E-state index contributed by atoms with van der Waals surface area (Å²) in [5.74, 6) is 0.193. The van der Waals surface area contributed by atoms with Gasteiger partial charge in [-0.2, -0.15) is 9.78 Å². The first-order chi connectivity index (χ1) is 16.1. The van der Waals surface area contributed by atoms with Gasteiger partial charge in [0.05, 0.1) is 5.60 Å². The molecule has 0 unspecified atom stereocenters. The predicted molar refractivity (Wildman–Crippen MR) is 132 cm³/mol. The number of aromatic nitrogens is 2. The number of anilines is 1. The van der Waals surface area contributed by atoms with Gasteiger partial charge in [-0.05, 0) is 62.8 Å². The van der Waals surface area contributed by atoms with Crippen molar-refractivity contribution in [2.24, 2.45) is 5.92 Å². The third-order valence-corrected chi connectivity index (χ3v) is 7.26. The molecule has 2 aromatic rings. The van der Waals surface area contributed by atoms with Crippen LogP contribution in [0.4, 0.5) is 10.5 Å². The fraction of sp³-hybridized carbons (Fsp3) is 0.577. The summed E-state index contributed by atoms with van der Waals surface area (Å²) < 4.78 is 1.27. The second kappa shape index (κ2) is 9.88. The standard InChI is InChI=1S/C26H37N5O3/c1-19-5-6-21(24(17-19)29-10-7-22(8-11-29)26(3,4)34)18-28-13-15-30(16-14-28)25(33)31-12-9-23(27-31)20(2)32/h5-6,9,12,17,22,34H,7-8,10-11,13-16,18H2,1-4H3. The molecule has 0 saturated carbocycles. The van der Waals surface area contributed by atoms with E-state index in [-0.39, 0.29) is 11.8 Å². The van der Waals surface area contributed by atoms with E-state index in [0.29, 0.717) is 24.7 Å². The number of ketones is 1. The van der Waals surface area contributed by atoms with Crippen molar-refractivity contribution in [1.29, 1.82) is 0 Å². The van der Waals surface area contributed by atoms with Crippen molar-refractivity contribution in [3.63, 3.8) is 0 Å². The second-order valence-electron chi connectivity index (χ2n) is 10.3. The third kappa shape index (κ3) is 5.50. The van der Waals surface area contributed by atoms with Crippen molar-refractivity contribution < 1.29 is 14.7 Å². The van der Waals surface area contributed by atoms with Crippen molar-refractivity contribution in [2.45, 2.75) is 52.7 Å². The molecule has 184 valence electrons. The summed E-state index contributed by atoms with van der Waals surface area (Å²) in [6.45, 7) is 13.0. The quantitative estimate of drug-likeness (QED) is 0.681. The van der Waals surface area contributed by atoms with E-state index in [2.05, 4.69) is 40.0 Å². The van der Waals surface area contributed by atoms with Gasteiger partial charge >= 0.3 is 6.03 Å². The molecule has 0 aliphatic carbocycles. The fourth-order valence-electron chi connectivity index (χ4n) is 5.03. The summed E-state index contributed by atoms with van der Waals surface area (Å²) >= 11 is 0. The number of nitrogens with zero attached hydrogens (tertiary/aromatic N) is 5. The van der Waals surface area contributed by atoms with Crippen LogP contribution < -0.4 is 4.90 Å². The average Bonchev–Trinajstić information content (AvgIpc) is 3.31. The molecule has 0 spiro atoms. The Morgan fingerprint density at radius 3 is 2.32 bits per heavy atom. The Hall–Kier alpha value is -2.71. The molecule has 2 aliphatic heterocycles. The summed E-state index contributed by atoms with van der Waals surface area (Å²) in [4.78, 5) is 30.9. The zero-order chi connectivity index (χ0) is 24.5. The monoisotopic (exact) mass is 467 g/mol. The highest BCUT2D eigenvalue weighted by Crippen LogP contribution is 2.32. The number of aryl methyl sites for hydroxylation is 1. The lowest BCUT2D eigenvalue weighted by molar-refractivity contribution is 0.00649. The highest BCUT2D eigenvalue weighted by Gasteiger charge is 2.31. The lowest BCUT2D eigenvalue weighted by atomic mass is 9.83. The number of aliphatic hydroxyl groups is 1. The molecule has 8 nitrogen and oxygen atoms in total. The fourth-order valence-corrected chi connectivity index (χ4v) is 5.03. The number of hydrogen-bond acceptors (Lipinski definition) is 6. The zero-order valence-electron chi connectivity index (χ0n) is 20.8. The number of benzene rings is 1. The molecule has 2 saturated heterocycles. The van der Waals surface area contributed by atoms with E-state index in [1.54, 1.807) is 17.2 Å². The van der Waals surface area contributed by atoms with Crippen LogP contribution in [0.25, 0.3) is 0 Å². The summed E-state index contributed by atoms with van der Waals surface area (Å²) in [5.41, 5.74) is 3.54. The lowest BCUT2D eigenvalue weighted by Gasteiger charge is -2.40. The topological polar surface area (TPSA) is 81.9 Å². The molecule has 2 aliphatic rings. The maximum absolute atomic E-state index is 12.8. The summed E-state index contributed by atoms with van der Waals surface area (Å²) in [6, 6.07) is 8.09. The molecule has 0 atom stereocenters. The van der Waals surface area contributed by atoms with E-state index >= 15 is 0 Å². The minimum atomic E-state index is -0.623. The molecular weight excluding hydrogens is 430 g/mol. The van der Waals surface area contributed by atoms with Crippen LogP contribution in [-0.4, -0.2) is 81.4 Å². The summed E-state index contributed by atoms with van der Waals surface area (Å²) in [6.07, 6.45) is 3.55. The van der Waals surface area contributed by atoms with Crippen molar-refractivity contribution in [3.05, 3.63) is 47.3 Å². The van der Waals surface area contributed by atoms with Crippen LogP contribution in [0, 0.1) is 12.8 Å². The van der Waals surface area contributed by atoms with Crippen LogP contribution in [0.3, 0.4) is 0 Å². The number of amides is 1. The molecule has 4 rings (SSSR count). The van der Waals surface area contributed by atoms with Gasteiger partial charge in [-0.25, -0.2) is 4.79 Å². The molecule has 0 radical (unpaired) electrons. The minimum Gasteiger partial charge on any atom is -0.390 e. The molecule has 3 heterocycles. The van der Waals surface area contributed by atoms with Crippen molar-refractivity contribution in [2.75, 3.05) is 44.2 Å². The molecule has 2 fully saturated rings. The average molecular weight is 468 g/mol. The number of carbonyl (C=O) groups excluding carboxylic acids is 2. The number of piperidine rings is 1. The SMILES string of the molecule is CC(=O)c1ccn(C(=O)N2CCN(Cc3ccc(C)cc3N3CCC(C(C)(C)O)CC3)CC2)n1. The summed E-state index contributed by atoms with van der Waals surface area (Å²) in [5, 5.41) is 14.5.